The fourth-order valence-electron chi connectivity index (χ4n) is 2.15. The molecule has 0 saturated heterocycles. The van der Waals surface area contributed by atoms with Gasteiger partial charge in [0, 0.05) is 26.3 Å². The summed E-state index contributed by atoms with van der Waals surface area (Å²) in [7, 11) is 1.67. The summed E-state index contributed by atoms with van der Waals surface area (Å²) in [6, 6.07) is 6.44. The minimum Gasteiger partial charge on any atom is -0.484 e. The molecule has 1 heterocycles. The monoisotopic (exact) mass is 369 g/mol. The highest BCUT2D eigenvalue weighted by Crippen LogP contribution is 2.18. The third-order valence-corrected chi connectivity index (χ3v) is 3.41. The maximum atomic E-state index is 12.1. The highest BCUT2D eigenvalue weighted by Gasteiger charge is 2.28. The first kappa shape index (κ1) is 19.6. The second kappa shape index (κ2) is 9.12. The van der Waals surface area contributed by atoms with Crippen LogP contribution >= 0.6 is 0 Å². The number of halogens is 3. The van der Waals surface area contributed by atoms with E-state index >= 15 is 0 Å². The van der Waals surface area contributed by atoms with Gasteiger partial charge in [-0.1, -0.05) is 12.1 Å². The fourth-order valence-corrected chi connectivity index (χ4v) is 2.15. The Balaban J connectivity index is 1.73. The van der Waals surface area contributed by atoms with Crippen LogP contribution in [-0.2, 0) is 13.1 Å². The summed E-state index contributed by atoms with van der Waals surface area (Å²) >= 11 is 0. The summed E-state index contributed by atoms with van der Waals surface area (Å²) in [5, 5.41) is 10.5. The second-order valence-corrected chi connectivity index (χ2v) is 5.68. The Morgan fingerprint density at radius 3 is 2.54 bits per heavy atom. The highest BCUT2D eigenvalue weighted by atomic mass is 19.4. The van der Waals surface area contributed by atoms with Crippen LogP contribution < -0.4 is 15.4 Å². The quantitative estimate of drug-likeness (QED) is 0.582. The molecule has 0 atom stereocenters. The van der Waals surface area contributed by atoms with Crippen LogP contribution in [0.4, 0.5) is 13.2 Å². The van der Waals surface area contributed by atoms with Crippen LogP contribution in [0.25, 0.3) is 0 Å². The predicted octanol–water partition coefficient (Wildman–Crippen LogP) is 2.50. The first-order valence-electron chi connectivity index (χ1n) is 8.08. The number of aryl methyl sites for hydroxylation is 1. The van der Waals surface area contributed by atoms with E-state index in [0.717, 1.165) is 11.1 Å². The molecule has 2 aromatic rings. The first-order chi connectivity index (χ1) is 12.4. The average Bonchev–Trinajstić information content (AvgIpc) is 3.01. The van der Waals surface area contributed by atoms with E-state index < -0.39 is 12.8 Å². The van der Waals surface area contributed by atoms with Crippen molar-refractivity contribution in [3.8, 4) is 5.75 Å². The van der Waals surface area contributed by atoms with Crippen molar-refractivity contribution in [1.82, 2.24) is 20.4 Å². The zero-order valence-electron chi connectivity index (χ0n) is 14.7. The molecule has 0 spiro atoms. The van der Waals surface area contributed by atoms with E-state index in [1.54, 1.807) is 25.4 Å². The molecule has 1 aromatic carbocycles. The Bertz CT molecular complexity index is 710. The van der Waals surface area contributed by atoms with Gasteiger partial charge in [0.1, 0.15) is 5.75 Å². The van der Waals surface area contributed by atoms with E-state index in [-0.39, 0.29) is 5.75 Å². The fraction of sp³-hybridized carbons (Fsp3) is 0.412. The minimum absolute atomic E-state index is 0.183. The molecule has 0 fully saturated rings. The number of aromatic nitrogens is 2. The number of nitrogens with zero attached hydrogens (tertiary/aromatic N) is 3. The molecule has 6 nitrogen and oxygen atoms in total. The molecular weight excluding hydrogens is 347 g/mol. The lowest BCUT2D eigenvalue weighted by Crippen LogP contribution is -2.38. The number of aliphatic imine (C=N–C) groups is 1. The molecule has 0 aliphatic rings. The van der Waals surface area contributed by atoms with Crippen molar-refractivity contribution in [2.45, 2.75) is 26.2 Å². The van der Waals surface area contributed by atoms with Gasteiger partial charge in [-0.05, 0) is 30.2 Å². The SMILES string of the molecule is CN=C(NCCn1cc(C)cn1)NCc1ccc(OCC(F)(F)F)cc1. The molecule has 26 heavy (non-hydrogen) atoms. The van der Waals surface area contributed by atoms with Gasteiger partial charge in [0.25, 0.3) is 0 Å². The van der Waals surface area contributed by atoms with E-state index in [1.807, 2.05) is 17.8 Å². The van der Waals surface area contributed by atoms with Gasteiger partial charge in [-0.25, -0.2) is 0 Å². The average molecular weight is 369 g/mol. The number of benzene rings is 1. The van der Waals surface area contributed by atoms with Gasteiger partial charge in [0.2, 0.25) is 0 Å². The third kappa shape index (κ3) is 7.04. The van der Waals surface area contributed by atoms with E-state index in [9.17, 15) is 13.2 Å². The molecule has 0 radical (unpaired) electrons. The summed E-state index contributed by atoms with van der Waals surface area (Å²) < 4.78 is 42.9. The third-order valence-electron chi connectivity index (χ3n) is 3.41. The van der Waals surface area contributed by atoms with Crippen LogP contribution in [0.1, 0.15) is 11.1 Å². The largest absolute Gasteiger partial charge is 0.484 e. The van der Waals surface area contributed by atoms with Crippen LogP contribution in [0.15, 0.2) is 41.7 Å². The van der Waals surface area contributed by atoms with Crippen molar-refractivity contribution in [1.29, 1.82) is 0 Å². The maximum absolute atomic E-state index is 12.1. The zero-order chi connectivity index (χ0) is 19.0. The van der Waals surface area contributed by atoms with Crippen LogP contribution in [-0.4, -0.2) is 42.1 Å². The molecule has 1 aromatic heterocycles. The number of hydrogen-bond acceptors (Lipinski definition) is 3. The Morgan fingerprint density at radius 2 is 1.96 bits per heavy atom. The van der Waals surface area contributed by atoms with Gasteiger partial charge < -0.3 is 15.4 Å². The number of hydrogen-bond donors (Lipinski definition) is 2. The minimum atomic E-state index is -4.34. The molecule has 142 valence electrons. The summed E-state index contributed by atoms with van der Waals surface area (Å²) in [6.45, 7) is 2.54. The lowest BCUT2D eigenvalue weighted by atomic mass is 10.2. The van der Waals surface area contributed by atoms with Gasteiger partial charge in [-0.3, -0.25) is 9.67 Å². The van der Waals surface area contributed by atoms with Gasteiger partial charge in [0.15, 0.2) is 12.6 Å². The molecule has 2 N–H and O–H groups in total. The Hall–Kier alpha value is -2.71. The van der Waals surface area contributed by atoms with Crippen molar-refractivity contribution >= 4 is 5.96 Å². The lowest BCUT2D eigenvalue weighted by molar-refractivity contribution is -0.153. The van der Waals surface area contributed by atoms with Gasteiger partial charge in [-0.2, -0.15) is 18.3 Å². The Labute approximate surface area is 150 Å². The van der Waals surface area contributed by atoms with Crippen molar-refractivity contribution in [2.24, 2.45) is 4.99 Å². The van der Waals surface area contributed by atoms with Crippen LogP contribution in [0.5, 0.6) is 5.75 Å². The van der Waals surface area contributed by atoms with Crippen LogP contribution in [0.2, 0.25) is 0 Å². The highest BCUT2D eigenvalue weighted by molar-refractivity contribution is 5.79. The number of alkyl halides is 3. The topological polar surface area (TPSA) is 63.5 Å². The van der Waals surface area contributed by atoms with E-state index in [0.29, 0.717) is 25.6 Å². The number of guanidine groups is 1. The number of ether oxygens (including phenoxy) is 1. The van der Waals surface area contributed by atoms with Gasteiger partial charge >= 0.3 is 6.18 Å². The van der Waals surface area contributed by atoms with E-state index in [4.69, 9.17) is 0 Å². The van der Waals surface area contributed by atoms with Gasteiger partial charge in [0.05, 0.1) is 12.7 Å². The molecule has 2 rings (SSSR count). The van der Waals surface area contributed by atoms with Crippen molar-refractivity contribution < 1.29 is 17.9 Å². The smallest absolute Gasteiger partial charge is 0.422 e. The molecular formula is C17H22F3N5O. The molecule has 0 aliphatic carbocycles. The van der Waals surface area contributed by atoms with E-state index in [2.05, 4.69) is 25.5 Å². The summed E-state index contributed by atoms with van der Waals surface area (Å²) in [5.74, 6) is 0.814. The number of rotatable bonds is 7. The maximum Gasteiger partial charge on any atom is 0.422 e. The molecule has 0 aliphatic heterocycles. The Kier molecular flexibility index (Phi) is 6.88. The Morgan fingerprint density at radius 1 is 1.23 bits per heavy atom. The lowest BCUT2D eigenvalue weighted by Gasteiger charge is -2.13. The summed E-state index contributed by atoms with van der Waals surface area (Å²) in [5.41, 5.74) is 2.00. The molecule has 0 unspecified atom stereocenters. The first-order valence-corrected chi connectivity index (χ1v) is 8.08. The summed E-state index contributed by atoms with van der Waals surface area (Å²) in [4.78, 5) is 4.13. The second-order valence-electron chi connectivity index (χ2n) is 5.68. The zero-order valence-corrected chi connectivity index (χ0v) is 14.7. The summed E-state index contributed by atoms with van der Waals surface area (Å²) in [6.07, 6.45) is -0.581. The molecule has 0 saturated carbocycles. The standard InChI is InChI=1S/C17H22F3N5O/c1-13-9-24-25(11-13)8-7-22-16(21-2)23-10-14-3-5-15(6-4-14)26-12-17(18,19)20/h3-6,9,11H,7-8,10,12H2,1-2H3,(H2,21,22,23). The number of nitrogens with one attached hydrogen (secondary N) is 2. The van der Waals surface area contributed by atoms with Gasteiger partial charge in [-0.15, -0.1) is 0 Å². The molecule has 9 heteroatoms. The predicted molar refractivity (Wildman–Crippen MR) is 93.2 cm³/mol. The van der Waals surface area contributed by atoms with Crippen molar-refractivity contribution in [3.63, 3.8) is 0 Å². The van der Waals surface area contributed by atoms with Crippen molar-refractivity contribution in [2.75, 3.05) is 20.2 Å². The van der Waals surface area contributed by atoms with Crippen LogP contribution in [0, 0.1) is 6.92 Å². The molecule has 0 bridgehead atoms. The molecule has 0 amide bonds. The van der Waals surface area contributed by atoms with E-state index in [1.165, 1.54) is 12.1 Å². The van der Waals surface area contributed by atoms with Crippen molar-refractivity contribution in [3.05, 3.63) is 47.8 Å². The van der Waals surface area contributed by atoms with Crippen LogP contribution in [0.3, 0.4) is 0 Å². The normalized spacial score (nSPS) is 12.1.